The highest BCUT2D eigenvalue weighted by atomic mass is 16.6. The summed E-state index contributed by atoms with van der Waals surface area (Å²) in [7, 11) is 0. The van der Waals surface area contributed by atoms with E-state index in [-0.39, 0.29) is 10.6 Å². The number of anilines is 1. The number of nitro groups is 1. The Hall–Kier alpha value is -1.62. The van der Waals surface area contributed by atoms with Crippen molar-refractivity contribution in [3.63, 3.8) is 0 Å². The molecular weight excluding hydrogens is 242 g/mol. The summed E-state index contributed by atoms with van der Waals surface area (Å²) >= 11 is 0. The lowest BCUT2D eigenvalue weighted by Gasteiger charge is -2.24. The minimum Gasteiger partial charge on any atom is -0.370 e. The fourth-order valence-electron chi connectivity index (χ4n) is 3.17. The Morgan fingerprint density at radius 1 is 1.11 bits per heavy atom. The minimum absolute atomic E-state index is 0.166. The molecule has 1 aromatic carbocycles. The number of benzene rings is 1. The van der Waals surface area contributed by atoms with Crippen molar-refractivity contribution in [2.75, 3.05) is 31.1 Å². The summed E-state index contributed by atoms with van der Waals surface area (Å²) in [5.41, 5.74) is 1.27. The summed E-state index contributed by atoms with van der Waals surface area (Å²) in [5, 5.41) is 10.6. The van der Waals surface area contributed by atoms with Gasteiger partial charge >= 0.3 is 0 Å². The molecule has 102 valence electrons. The van der Waals surface area contributed by atoms with Gasteiger partial charge in [0.25, 0.3) is 5.69 Å². The molecule has 0 radical (unpaired) electrons. The van der Waals surface area contributed by atoms with Crippen LogP contribution in [0.4, 0.5) is 11.4 Å². The largest absolute Gasteiger partial charge is 0.370 e. The molecule has 5 nitrogen and oxygen atoms in total. The van der Waals surface area contributed by atoms with E-state index in [0.29, 0.717) is 6.04 Å². The number of non-ortho nitro benzene ring substituents is 1. The predicted octanol–water partition coefficient (Wildman–Crippen LogP) is 2.27. The molecule has 1 atom stereocenters. The molecule has 2 aliphatic rings. The van der Waals surface area contributed by atoms with Gasteiger partial charge in [0, 0.05) is 37.0 Å². The highest BCUT2D eigenvalue weighted by Crippen LogP contribution is 2.26. The maximum absolute atomic E-state index is 10.6. The fourth-order valence-corrected chi connectivity index (χ4v) is 3.17. The van der Waals surface area contributed by atoms with Crippen molar-refractivity contribution in [2.45, 2.75) is 25.3 Å². The van der Waals surface area contributed by atoms with Crippen LogP contribution in [0.15, 0.2) is 24.3 Å². The SMILES string of the molecule is O=[N+]([O-])c1ccc(N2CCC(N3CCCC3)C2)cc1. The summed E-state index contributed by atoms with van der Waals surface area (Å²) in [6.07, 6.45) is 3.86. The monoisotopic (exact) mass is 261 g/mol. The lowest BCUT2D eigenvalue weighted by molar-refractivity contribution is -0.384. The van der Waals surface area contributed by atoms with Crippen molar-refractivity contribution in [3.05, 3.63) is 34.4 Å². The lowest BCUT2D eigenvalue weighted by Crippen LogP contribution is -2.35. The molecule has 2 saturated heterocycles. The molecule has 1 aromatic rings. The first-order chi connectivity index (χ1) is 9.24. The van der Waals surface area contributed by atoms with Gasteiger partial charge in [-0.15, -0.1) is 0 Å². The van der Waals surface area contributed by atoms with E-state index in [1.54, 1.807) is 12.1 Å². The second-order valence-corrected chi connectivity index (χ2v) is 5.41. The predicted molar refractivity (Wildman–Crippen MR) is 74.5 cm³/mol. The first kappa shape index (κ1) is 12.4. The van der Waals surface area contributed by atoms with Crippen LogP contribution in [-0.2, 0) is 0 Å². The van der Waals surface area contributed by atoms with Crippen molar-refractivity contribution < 1.29 is 4.92 Å². The van der Waals surface area contributed by atoms with Gasteiger partial charge in [0.2, 0.25) is 0 Å². The quantitative estimate of drug-likeness (QED) is 0.618. The summed E-state index contributed by atoms with van der Waals surface area (Å²) in [5.74, 6) is 0. The van der Waals surface area contributed by atoms with Gasteiger partial charge in [0.15, 0.2) is 0 Å². The molecule has 5 heteroatoms. The first-order valence-corrected chi connectivity index (χ1v) is 6.97. The Morgan fingerprint density at radius 3 is 2.42 bits per heavy atom. The van der Waals surface area contributed by atoms with Crippen LogP contribution in [-0.4, -0.2) is 42.0 Å². The van der Waals surface area contributed by atoms with Gasteiger partial charge in [-0.25, -0.2) is 0 Å². The Bertz CT molecular complexity index is 454. The van der Waals surface area contributed by atoms with Gasteiger partial charge in [-0.05, 0) is 44.5 Å². The Kier molecular flexibility index (Phi) is 3.38. The molecule has 0 aliphatic carbocycles. The van der Waals surface area contributed by atoms with Crippen LogP contribution in [0, 0.1) is 10.1 Å². The molecule has 0 aromatic heterocycles. The van der Waals surface area contributed by atoms with Gasteiger partial charge in [0.1, 0.15) is 0 Å². The normalized spacial score (nSPS) is 24.0. The van der Waals surface area contributed by atoms with E-state index in [4.69, 9.17) is 0 Å². The average molecular weight is 261 g/mol. The highest BCUT2D eigenvalue weighted by Gasteiger charge is 2.29. The summed E-state index contributed by atoms with van der Waals surface area (Å²) in [6.45, 7) is 4.58. The van der Waals surface area contributed by atoms with E-state index in [2.05, 4.69) is 9.80 Å². The van der Waals surface area contributed by atoms with Crippen molar-refractivity contribution in [3.8, 4) is 0 Å². The first-order valence-electron chi connectivity index (χ1n) is 6.97. The zero-order valence-electron chi connectivity index (χ0n) is 11.0. The highest BCUT2D eigenvalue weighted by molar-refractivity contribution is 5.51. The van der Waals surface area contributed by atoms with Gasteiger partial charge in [-0.3, -0.25) is 15.0 Å². The molecule has 0 saturated carbocycles. The topological polar surface area (TPSA) is 49.6 Å². The van der Waals surface area contributed by atoms with E-state index in [0.717, 1.165) is 18.8 Å². The number of nitro benzene ring substituents is 1. The Morgan fingerprint density at radius 2 is 1.79 bits per heavy atom. The van der Waals surface area contributed by atoms with E-state index >= 15 is 0 Å². The van der Waals surface area contributed by atoms with Gasteiger partial charge in [-0.2, -0.15) is 0 Å². The number of nitrogens with zero attached hydrogens (tertiary/aromatic N) is 3. The third-order valence-electron chi connectivity index (χ3n) is 4.25. The molecule has 0 N–H and O–H groups in total. The van der Waals surface area contributed by atoms with Crippen molar-refractivity contribution in [1.29, 1.82) is 0 Å². The van der Waals surface area contributed by atoms with Crippen LogP contribution in [0.2, 0.25) is 0 Å². The number of likely N-dealkylation sites (tertiary alicyclic amines) is 1. The zero-order valence-corrected chi connectivity index (χ0v) is 11.0. The Labute approximate surface area is 113 Å². The molecule has 0 spiro atoms. The van der Waals surface area contributed by atoms with E-state index in [1.807, 2.05) is 12.1 Å². The summed E-state index contributed by atoms with van der Waals surface area (Å²) < 4.78 is 0. The van der Waals surface area contributed by atoms with E-state index in [1.165, 1.54) is 32.4 Å². The van der Waals surface area contributed by atoms with Crippen LogP contribution in [0.25, 0.3) is 0 Å². The second-order valence-electron chi connectivity index (χ2n) is 5.41. The molecule has 2 aliphatic heterocycles. The van der Waals surface area contributed by atoms with Crippen molar-refractivity contribution in [1.82, 2.24) is 4.90 Å². The molecular formula is C14H19N3O2. The number of rotatable bonds is 3. The van der Waals surface area contributed by atoms with E-state index in [9.17, 15) is 10.1 Å². The lowest BCUT2D eigenvalue weighted by atomic mass is 10.2. The second kappa shape index (κ2) is 5.17. The molecule has 19 heavy (non-hydrogen) atoms. The number of hydrogen-bond acceptors (Lipinski definition) is 4. The van der Waals surface area contributed by atoms with E-state index < -0.39 is 0 Å². The maximum atomic E-state index is 10.6. The summed E-state index contributed by atoms with van der Waals surface area (Å²) in [4.78, 5) is 15.2. The molecule has 0 amide bonds. The van der Waals surface area contributed by atoms with Crippen molar-refractivity contribution in [2.24, 2.45) is 0 Å². The van der Waals surface area contributed by atoms with Crippen LogP contribution in [0.3, 0.4) is 0 Å². The fraction of sp³-hybridized carbons (Fsp3) is 0.571. The molecule has 3 rings (SSSR count). The molecule has 2 fully saturated rings. The zero-order chi connectivity index (χ0) is 13.2. The maximum Gasteiger partial charge on any atom is 0.269 e. The minimum atomic E-state index is -0.346. The average Bonchev–Trinajstić information content (AvgIpc) is 3.10. The van der Waals surface area contributed by atoms with Crippen molar-refractivity contribution >= 4 is 11.4 Å². The van der Waals surface area contributed by atoms with Crippen LogP contribution in [0.1, 0.15) is 19.3 Å². The van der Waals surface area contributed by atoms with Gasteiger partial charge < -0.3 is 4.90 Å². The Balaban J connectivity index is 1.65. The smallest absolute Gasteiger partial charge is 0.269 e. The van der Waals surface area contributed by atoms with Crippen LogP contribution < -0.4 is 4.90 Å². The van der Waals surface area contributed by atoms with Gasteiger partial charge in [-0.1, -0.05) is 0 Å². The molecule has 1 unspecified atom stereocenters. The molecule has 0 bridgehead atoms. The molecule has 2 heterocycles. The standard InChI is InChI=1S/C14H19N3O2/c18-17(19)13-5-3-12(4-6-13)16-10-7-14(11-16)15-8-1-2-9-15/h3-6,14H,1-2,7-11H2. The van der Waals surface area contributed by atoms with Gasteiger partial charge in [0.05, 0.1) is 4.92 Å². The third-order valence-corrected chi connectivity index (χ3v) is 4.25. The third kappa shape index (κ3) is 2.56. The number of hydrogen-bond donors (Lipinski definition) is 0. The summed E-state index contributed by atoms with van der Waals surface area (Å²) in [6, 6.07) is 7.59. The van der Waals surface area contributed by atoms with Crippen LogP contribution >= 0.6 is 0 Å². The van der Waals surface area contributed by atoms with Crippen LogP contribution in [0.5, 0.6) is 0 Å².